The molecule has 4 rings (SSSR count). The van der Waals surface area contributed by atoms with Crippen molar-refractivity contribution in [1.29, 1.82) is 0 Å². The van der Waals surface area contributed by atoms with Crippen LogP contribution in [-0.4, -0.2) is 42.0 Å². The molecule has 25 heavy (non-hydrogen) atoms. The molecule has 1 aliphatic rings. The molecular weight excluding hydrogens is 406 g/mol. The Bertz CT molecular complexity index is 921. The molecule has 1 fully saturated rings. The monoisotopic (exact) mass is 419 g/mol. The summed E-state index contributed by atoms with van der Waals surface area (Å²) in [5.74, 6) is 1.19. The van der Waals surface area contributed by atoms with Gasteiger partial charge in [-0.05, 0) is 36.4 Å². The van der Waals surface area contributed by atoms with Crippen LogP contribution in [0, 0.1) is 0 Å². The van der Waals surface area contributed by atoms with Gasteiger partial charge in [-0.2, -0.15) is 0 Å². The molecule has 0 unspecified atom stereocenters. The van der Waals surface area contributed by atoms with Crippen molar-refractivity contribution >= 4 is 50.2 Å². The van der Waals surface area contributed by atoms with Gasteiger partial charge in [0.05, 0.1) is 16.8 Å². The summed E-state index contributed by atoms with van der Waals surface area (Å²) in [6, 6.07) is 11.3. The van der Waals surface area contributed by atoms with Crippen LogP contribution in [0.2, 0.25) is 5.02 Å². The van der Waals surface area contributed by atoms with Gasteiger partial charge in [0, 0.05) is 36.0 Å². The van der Waals surface area contributed by atoms with Crippen LogP contribution >= 0.6 is 27.5 Å². The number of hydrogen-bond donors (Lipinski definition) is 0. The van der Waals surface area contributed by atoms with Gasteiger partial charge >= 0.3 is 0 Å². The molecule has 0 N–H and O–H groups in total. The minimum Gasteiger partial charge on any atom is -0.459 e. The number of hydrogen-bond acceptors (Lipinski definition) is 4. The first-order chi connectivity index (χ1) is 12.1. The number of halogens is 2. The van der Waals surface area contributed by atoms with Gasteiger partial charge in [0.2, 0.25) is 0 Å². The number of carbonyl (C=O) groups excluding carboxylic acids is 1. The number of pyridine rings is 1. The molecule has 0 spiro atoms. The Kier molecular flexibility index (Phi) is 4.39. The number of piperazine rings is 1. The van der Waals surface area contributed by atoms with Crippen molar-refractivity contribution < 1.29 is 9.21 Å². The fourth-order valence-corrected chi connectivity index (χ4v) is 3.89. The van der Waals surface area contributed by atoms with Crippen LogP contribution < -0.4 is 4.90 Å². The van der Waals surface area contributed by atoms with Crippen LogP contribution in [0.25, 0.3) is 10.9 Å². The molecule has 0 bridgehead atoms. The number of benzene rings is 1. The molecule has 2 aromatic heterocycles. The molecule has 3 heterocycles. The molecule has 128 valence electrons. The molecule has 1 aromatic carbocycles. The molecule has 0 atom stereocenters. The van der Waals surface area contributed by atoms with Gasteiger partial charge in [-0.25, -0.2) is 4.98 Å². The molecule has 1 saturated heterocycles. The average molecular weight is 421 g/mol. The molecule has 5 nitrogen and oxygen atoms in total. The first-order valence-electron chi connectivity index (χ1n) is 7.95. The zero-order valence-electron chi connectivity index (χ0n) is 13.3. The van der Waals surface area contributed by atoms with Gasteiger partial charge in [-0.3, -0.25) is 4.79 Å². The summed E-state index contributed by atoms with van der Waals surface area (Å²) < 4.78 is 6.13. The highest BCUT2D eigenvalue weighted by Gasteiger charge is 2.24. The summed E-state index contributed by atoms with van der Waals surface area (Å²) in [5.41, 5.74) is 0.788. The van der Waals surface area contributed by atoms with Gasteiger partial charge < -0.3 is 14.2 Å². The fourth-order valence-electron chi connectivity index (χ4n) is 3.02. The van der Waals surface area contributed by atoms with Crippen LogP contribution in [0.15, 0.2) is 51.6 Å². The van der Waals surface area contributed by atoms with Gasteiger partial charge in [0.1, 0.15) is 5.82 Å². The second-order valence-corrected chi connectivity index (χ2v) is 7.21. The second kappa shape index (κ2) is 6.69. The third-order valence-corrected chi connectivity index (χ3v) is 5.06. The number of furan rings is 1. The number of aromatic nitrogens is 1. The van der Waals surface area contributed by atoms with Gasteiger partial charge in [-0.1, -0.05) is 27.5 Å². The molecule has 1 aliphatic heterocycles. The Morgan fingerprint density at radius 3 is 2.68 bits per heavy atom. The number of fused-ring (bicyclic) bond motifs is 1. The topological polar surface area (TPSA) is 49.6 Å². The predicted octanol–water partition coefficient (Wildman–Crippen LogP) is 4.21. The van der Waals surface area contributed by atoms with Crippen molar-refractivity contribution in [3.63, 3.8) is 0 Å². The van der Waals surface area contributed by atoms with Crippen molar-refractivity contribution in [2.45, 2.75) is 0 Å². The summed E-state index contributed by atoms with van der Waals surface area (Å²) in [5, 5.41) is 1.62. The van der Waals surface area contributed by atoms with Gasteiger partial charge in [0.25, 0.3) is 5.91 Å². The zero-order valence-corrected chi connectivity index (χ0v) is 15.6. The van der Waals surface area contributed by atoms with E-state index < -0.39 is 0 Å². The summed E-state index contributed by atoms with van der Waals surface area (Å²) in [6.45, 7) is 2.71. The van der Waals surface area contributed by atoms with E-state index in [1.165, 1.54) is 6.26 Å². The SMILES string of the molecule is O=C(c1ccco1)N1CCN(c2ccc3cc(Br)cc(Cl)c3n2)CC1. The molecule has 7 heteroatoms. The highest BCUT2D eigenvalue weighted by atomic mass is 79.9. The summed E-state index contributed by atoms with van der Waals surface area (Å²) in [7, 11) is 0. The van der Waals surface area contributed by atoms with E-state index in [1.54, 1.807) is 17.0 Å². The lowest BCUT2D eigenvalue weighted by Gasteiger charge is -2.35. The molecule has 0 aliphatic carbocycles. The Balaban J connectivity index is 1.51. The number of anilines is 1. The quantitative estimate of drug-likeness (QED) is 0.623. The van der Waals surface area contributed by atoms with Crippen LogP contribution in [-0.2, 0) is 0 Å². The highest BCUT2D eigenvalue weighted by molar-refractivity contribution is 9.10. The van der Waals surface area contributed by atoms with Gasteiger partial charge in [-0.15, -0.1) is 0 Å². The number of carbonyl (C=O) groups is 1. The summed E-state index contributed by atoms with van der Waals surface area (Å²) in [6.07, 6.45) is 1.52. The van der Waals surface area contributed by atoms with E-state index >= 15 is 0 Å². The van der Waals surface area contributed by atoms with Crippen molar-refractivity contribution in [2.75, 3.05) is 31.1 Å². The van der Waals surface area contributed by atoms with E-state index in [9.17, 15) is 4.79 Å². The third-order valence-electron chi connectivity index (χ3n) is 4.32. The maximum absolute atomic E-state index is 12.3. The summed E-state index contributed by atoms with van der Waals surface area (Å²) >= 11 is 9.77. The van der Waals surface area contributed by atoms with Crippen molar-refractivity contribution in [3.8, 4) is 0 Å². The standard InChI is InChI=1S/C18H15BrClN3O2/c19-13-10-12-3-4-16(21-17(12)14(20)11-13)22-5-7-23(8-6-22)18(24)15-2-1-9-25-15/h1-4,9-11H,5-8H2. The van der Waals surface area contributed by atoms with E-state index in [0.717, 1.165) is 34.3 Å². The summed E-state index contributed by atoms with van der Waals surface area (Å²) in [4.78, 5) is 21.0. The molecule has 0 saturated carbocycles. The smallest absolute Gasteiger partial charge is 0.289 e. The van der Waals surface area contributed by atoms with Crippen molar-refractivity contribution in [2.24, 2.45) is 0 Å². The fraction of sp³-hybridized carbons (Fsp3) is 0.222. The Hall–Kier alpha value is -2.05. The number of amides is 1. The highest BCUT2D eigenvalue weighted by Crippen LogP contribution is 2.29. The zero-order chi connectivity index (χ0) is 17.4. The van der Waals surface area contributed by atoms with Crippen LogP contribution in [0.5, 0.6) is 0 Å². The van der Waals surface area contributed by atoms with E-state index in [-0.39, 0.29) is 5.91 Å². The Morgan fingerprint density at radius 1 is 1.16 bits per heavy atom. The minimum absolute atomic E-state index is 0.0657. The van der Waals surface area contributed by atoms with E-state index in [4.69, 9.17) is 21.0 Å². The molecular formula is C18H15BrClN3O2. The lowest BCUT2D eigenvalue weighted by atomic mass is 10.2. The largest absolute Gasteiger partial charge is 0.459 e. The predicted molar refractivity (Wildman–Crippen MR) is 101 cm³/mol. The van der Waals surface area contributed by atoms with Crippen molar-refractivity contribution in [1.82, 2.24) is 9.88 Å². The lowest BCUT2D eigenvalue weighted by molar-refractivity contribution is 0.0714. The van der Waals surface area contributed by atoms with Crippen LogP contribution in [0.3, 0.4) is 0 Å². The van der Waals surface area contributed by atoms with E-state index in [1.807, 2.05) is 24.3 Å². The maximum Gasteiger partial charge on any atom is 0.289 e. The molecule has 3 aromatic rings. The average Bonchev–Trinajstić information content (AvgIpc) is 3.15. The van der Waals surface area contributed by atoms with Gasteiger partial charge in [0.15, 0.2) is 5.76 Å². The van der Waals surface area contributed by atoms with Crippen molar-refractivity contribution in [3.05, 3.63) is 57.9 Å². The Morgan fingerprint density at radius 2 is 1.96 bits per heavy atom. The number of nitrogens with zero attached hydrogens (tertiary/aromatic N) is 3. The Labute approximate surface area is 158 Å². The normalized spacial score (nSPS) is 15.0. The van der Waals surface area contributed by atoms with Crippen LogP contribution in [0.1, 0.15) is 10.6 Å². The van der Waals surface area contributed by atoms with E-state index in [2.05, 4.69) is 20.8 Å². The molecule has 1 amide bonds. The molecule has 0 radical (unpaired) electrons. The second-order valence-electron chi connectivity index (χ2n) is 5.89. The first-order valence-corrected chi connectivity index (χ1v) is 9.12. The lowest BCUT2D eigenvalue weighted by Crippen LogP contribution is -2.49. The van der Waals surface area contributed by atoms with E-state index in [0.29, 0.717) is 23.9 Å². The minimum atomic E-state index is -0.0657. The maximum atomic E-state index is 12.3. The number of rotatable bonds is 2. The third kappa shape index (κ3) is 3.24. The van der Waals surface area contributed by atoms with Crippen LogP contribution in [0.4, 0.5) is 5.82 Å². The first kappa shape index (κ1) is 16.4.